The minimum absolute atomic E-state index is 0.00139. The van der Waals surface area contributed by atoms with Crippen LogP contribution in [0.1, 0.15) is 39.5 Å². The van der Waals surface area contributed by atoms with Crippen molar-refractivity contribution in [2.24, 2.45) is 0 Å². The van der Waals surface area contributed by atoms with Gasteiger partial charge in [0.15, 0.2) is 5.58 Å². The summed E-state index contributed by atoms with van der Waals surface area (Å²) in [5.41, 5.74) is 5.14. The van der Waals surface area contributed by atoms with Gasteiger partial charge in [-0.3, -0.25) is 10.1 Å². The molecule has 4 aromatic carbocycles. The molecule has 0 aliphatic rings. The van der Waals surface area contributed by atoms with E-state index < -0.39 is 4.92 Å². The maximum absolute atomic E-state index is 11.3. The number of unbranched alkanes of at least 4 members (excludes halogenated alkanes) is 2. The Morgan fingerprint density at radius 2 is 1.57 bits per heavy atom. The van der Waals surface area contributed by atoms with Crippen LogP contribution in [-0.2, 0) is 0 Å². The summed E-state index contributed by atoms with van der Waals surface area (Å²) < 4.78 is 6.55. The van der Waals surface area contributed by atoms with Crippen molar-refractivity contribution in [3.63, 3.8) is 0 Å². The van der Waals surface area contributed by atoms with E-state index >= 15 is 0 Å². The first-order valence-corrected chi connectivity index (χ1v) is 13.0. The molecular weight excluding hydrogens is 464 g/mol. The number of benzene rings is 4. The average Bonchev–Trinajstić information content (AvgIpc) is 3.31. The lowest BCUT2D eigenvalue weighted by Gasteiger charge is -2.24. The van der Waals surface area contributed by atoms with Crippen molar-refractivity contribution in [1.82, 2.24) is 9.97 Å². The average molecular weight is 493 g/mol. The van der Waals surface area contributed by atoms with Gasteiger partial charge in [-0.25, -0.2) is 9.97 Å². The summed E-state index contributed by atoms with van der Waals surface area (Å²) in [6.45, 7) is 6.49. The van der Waals surface area contributed by atoms with Gasteiger partial charge in [0, 0.05) is 53.1 Å². The van der Waals surface area contributed by atoms with Crippen LogP contribution in [0.3, 0.4) is 0 Å². The van der Waals surface area contributed by atoms with Gasteiger partial charge >= 0.3 is 0 Å². The number of aromatic nitrogens is 2. The molecule has 0 atom stereocenters. The van der Waals surface area contributed by atoms with E-state index in [1.165, 1.54) is 17.8 Å². The second kappa shape index (κ2) is 9.32. The molecule has 7 nitrogen and oxygen atoms in total. The monoisotopic (exact) mass is 492 g/mol. The fraction of sp³-hybridized carbons (Fsp3) is 0.267. The summed E-state index contributed by atoms with van der Waals surface area (Å²) in [7, 11) is 0. The number of non-ortho nitro benzene ring substituents is 1. The van der Waals surface area contributed by atoms with Gasteiger partial charge in [-0.2, -0.15) is 0 Å². The summed E-state index contributed by atoms with van der Waals surface area (Å²) in [4.78, 5) is 23.1. The summed E-state index contributed by atoms with van der Waals surface area (Å²) >= 11 is 0. The lowest BCUT2D eigenvalue weighted by atomic mass is 10.0. The topological polar surface area (TPSA) is 85.3 Å². The number of nitro groups is 1. The molecule has 186 valence electrons. The van der Waals surface area contributed by atoms with Gasteiger partial charge in [0.25, 0.3) is 5.69 Å². The molecular formula is C30H28N4O3. The SMILES string of the molecule is CCCCN(CCCC)c1ccc2c(c1)oc1c3nc4ccc([N+](=O)[O-])cc4nc3c3ccccc3c21. The van der Waals surface area contributed by atoms with Crippen molar-refractivity contribution in [3.8, 4) is 0 Å². The molecule has 6 aromatic rings. The van der Waals surface area contributed by atoms with Crippen LogP contribution >= 0.6 is 0 Å². The molecule has 0 bridgehead atoms. The predicted molar refractivity (Wildman–Crippen MR) is 151 cm³/mol. The third kappa shape index (κ3) is 3.91. The van der Waals surface area contributed by atoms with E-state index in [4.69, 9.17) is 14.4 Å². The number of anilines is 1. The van der Waals surface area contributed by atoms with Crippen molar-refractivity contribution in [1.29, 1.82) is 0 Å². The fourth-order valence-electron chi connectivity index (χ4n) is 5.19. The number of nitro benzene ring substituents is 1. The minimum Gasteiger partial charge on any atom is -0.454 e. The molecule has 2 aromatic heterocycles. The Kier molecular flexibility index (Phi) is 5.83. The van der Waals surface area contributed by atoms with Crippen LogP contribution in [0.4, 0.5) is 11.4 Å². The van der Waals surface area contributed by atoms with E-state index in [1.54, 1.807) is 6.07 Å². The van der Waals surface area contributed by atoms with Crippen LogP contribution in [0.2, 0.25) is 0 Å². The summed E-state index contributed by atoms with van der Waals surface area (Å²) in [6, 6.07) is 19.2. The van der Waals surface area contributed by atoms with Gasteiger partial charge in [0.05, 0.1) is 16.0 Å². The van der Waals surface area contributed by atoms with Crippen molar-refractivity contribution < 1.29 is 9.34 Å². The maximum Gasteiger partial charge on any atom is 0.271 e. The van der Waals surface area contributed by atoms with Crippen LogP contribution in [0.25, 0.3) is 54.8 Å². The molecule has 37 heavy (non-hydrogen) atoms. The Hall–Kier alpha value is -4.26. The fourth-order valence-corrected chi connectivity index (χ4v) is 5.19. The third-order valence-corrected chi connectivity index (χ3v) is 7.13. The van der Waals surface area contributed by atoms with E-state index in [0.717, 1.165) is 65.9 Å². The van der Waals surface area contributed by atoms with Gasteiger partial charge in [-0.15, -0.1) is 0 Å². The highest BCUT2D eigenvalue weighted by Gasteiger charge is 2.20. The van der Waals surface area contributed by atoms with E-state index in [-0.39, 0.29) is 5.69 Å². The molecule has 0 saturated carbocycles. The van der Waals surface area contributed by atoms with Crippen LogP contribution in [0, 0.1) is 10.1 Å². The van der Waals surface area contributed by atoms with E-state index in [0.29, 0.717) is 27.6 Å². The number of hydrogen-bond donors (Lipinski definition) is 0. The Bertz CT molecular complexity index is 1800. The quantitative estimate of drug-likeness (QED) is 0.0922. The van der Waals surface area contributed by atoms with Crippen LogP contribution in [0.5, 0.6) is 0 Å². The molecule has 0 fully saturated rings. The number of rotatable bonds is 8. The van der Waals surface area contributed by atoms with E-state index in [2.05, 4.69) is 43.0 Å². The zero-order chi connectivity index (χ0) is 25.5. The van der Waals surface area contributed by atoms with Gasteiger partial charge in [0.1, 0.15) is 16.6 Å². The smallest absolute Gasteiger partial charge is 0.271 e. The largest absolute Gasteiger partial charge is 0.454 e. The number of hydrogen-bond acceptors (Lipinski definition) is 6. The zero-order valence-corrected chi connectivity index (χ0v) is 21.0. The first-order valence-electron chi connectivity index (χ1n) is 13.0. The van der Waals surface area contributed by atoms with Gasteiger partial charge in [-0.1, -0.05) is 51.0 Å². The molecule has 6 rings (SSSR count). The molecule has 7 heteroatoms. The Balaban J connectivity index is 1.63. The highest BCUT2D eigenvalue weighted by molar-refractivity contribution is 6.29. The van der Waals surface area contributed by atoms with Crippen molar-refractivity contribution in [2.75, 3.05) is 18.0 Å². The molecule has 0 unspecified atom stereocenters. The molecule has 2 heterocycles. The molecule has 0 N–H and O–H groups in total. The first kappa shape index (κ1) is 23.2. The molecule has 0 saturated heterocycles. The zero-order valence-electron chi connectivity index (χ0n) is 21.0. The number of furan rings is 1. The maximum atomic E-state index is 11.3. The predicted octanol–water partition coefficient (Wildman–Crippen LogP) is 8.15. The van der Waals surface area contributed by atoms with Crippen LogP contribution in [-0.4, -0.2) is 28.0 Å². The summed E-state index contributed by atoms with van der Waals surface area (Å²) in [6.07, 6.45) is 4.61. The third-order valence-electron chi connectivity index (χ3n) is 7.13. The Morgan fingerprint density at radius 1 is 0.838 bits per heavy atom. The van der Waals surface area contributed by atoms with Crippen LogP contribution < -0.4 is 4.90 Å². The lowest BCUT2D eigenvalue weighted by Crippen LogP contribution is -2.25. The van der Waals surface area contributed by atoms with Crippen LogP contribution in [0.15, 0.2) is 65.1 Å². The Labute approximate surface area is 213 Å². The molecule has 0 aliphatic carbocycles. The van der Waals surface area contributed by atoms with E-state index in [9.17, 15) is 10.1 Å². The lowest BCUT2D eigenvalue weighted by molar-refractivity contribution is -0.384. The molecule has 0 spiro atoms. The Morgan fingerprint density at radius 3 is 2.30 bits per heavy atom. The van der Waals surface area contributed by atoms with Crippen molar-refractivity contribution in [3.05, 3.63) is 70.8 Å². The standard InChI is InChI=1S/C30H28N4O3/c1-3-5-15-33(16-6-4-2)19-11-13-23-26(18-19)37-30-27(23)21-9-7-8-10-22(21)28-29(30)31-24-14-12-20(34(35)36)17-25(24)32-28/h7-14,17-18H,3-6,15-16H2,1-2H3. The number of fused-ring (bicyclic) bond motifs is 9. The first-order chi connectivity index (χ1) is 18.1. The van der Waals surface area contributed by atoms with Gasteiger partial charge in [-0.05, 0) is 36.4 Å². The van der Waals surface area contributed by atoms with Gasteiger partial charge < -0.3 is 9.32 Å². The highest BCUT2D eigenvalue weighted by atomic mass is 16.6. The highest BCUT2D eigenvalue weighted by Crippen LogP contribution is 2.41. The summed E-state index contributed by atoms with van der Waals surface area (Å²) in [5, 5.41) is 15.4. The molecule has 0 aliphatic heterocycles. The normalized spacial score (nSPS) is 11.8. The summed E-state index contributed by atoms with van der Waals surface area (Å²) in [5.74, 6) is 0. The van der Waals surface area contributed by atoms with E-state index in [1.807, 2.05) is 18.2 Å². The second-order valence-corrected chi connectivity index (χ2v) is 9.58. The minimum atomic E-state index is -0.409. The van der Waals surface area contributed by atoms with Gasteiger partial charge in [0.2, 0.25) is 0 Å². The second-order valence-electron chi connectivity index (χ2n) is 9.58. The number of nitrogens with zero attached hydrogens (tertiary/aromatic N) is 4. The molecule has 0 amide bonds. The van der Waals surface area contributed by atoms with Crippen molar-refractivity contribution in [2.45, 2.75) is 39.5 Å². The van der Waals surface area contributed by atoms with Crippen molar-refractivity contribution >= 4 is 66.2 Å². The molecule has 0 radical (unpaired) electrons.